The number of hydrogen-bond acceptors (Lipinski definition) is 8. The number of nitrogens with zero attached hydrogens (tertiary/aromatic N) is 3. The summed E-state index contributed by atoms with van der Waals surface area (Å²) in [5.74, 6) is 0.296. The van der Waals surface area contributed by atoms with Crippen molar-refractivity contribution in [1.82, 2.24) is 9.88 Å². The maximum absolute atomic E-state index is 12.9. The van der Waals surface area contributed by atoms with E-state index in [9.17, 15) is 14.4 Å². The van der Waals surface area contributed by atoms with Gasteiger partial charge in [-0.3, -0.25) is 14.5 Å². The monoisotopic (exact) mass is 472 g/mol. The number of rotatable bonds is 6. The Morgan fingerprint density at radius 1 is 1.24 bits per heavy atom. The summed E-state index contributed by atoms with van der Waals surface area (Å²) < 4.78 is 16.3. The van der Waals surface area contributed by atoms with Crippen LogP contribution in [0, 0.1) is 0 Å². The van der Waals surface area contributed by atoms with Crippen LogP contribution in [0.2, 0.25) is 0 Å². The standard InChI is InChI=1S/C22H24N4O6S/c1-2-30-20(28)14-4-6-17-19(14)24-21(33-17)23-18(27)12-25-7-8-26(22(25)29)13-3-5-15-16(11-13)32-10-9-31-15/h3,5,11,14H,2,4,6-10,12H2,1H3,(H,23,24,27). The average molecular weight is 473 g/mol. The van der Waals surface area contributed by atoms with E-state index in [2.05, 4.69) is 10.3 Å². The molecule has 2 aliphatic heterocycles. The summed E-state index contributed by atoms with van der Waals surface area (Å²) in [5.41, 5.74) is 1.39. The number of thiazole rings is 1. The summed E-state index contributed by atoms with van der Waals surface area (Å²) >= 11 is 1.37. The first-order chi connectivity index (χ1) is 16.0. The topological polar surface area (TPSA) is 110 Å². The van der Waals surface area contributed by atoms with E-state index in [1.54, 1.807) is 24.0 Å². The van der Waals surface area contributed by atoms with E-state index in [0.717, 1.165) is 11.3 Å². The van der Waals surface area contributed by atoms with Gasteiger partial charge in [-0.05, 0) is 31.9 Å². The first kappa shape index (κ1) is 21.5. The smallest absolute Gasteiger partial charge is 0.325 e. The fourth-order valence-electron chi connectivity index (χ4n) is 4.25. The van der Waals surface area contributed by atoms with Gasteiger partial charge in [0, 0.05) is 29.7 Å². The van der Waals surface area contributed by atoms with Gasteiger partial charge < -0.3 is 24.4 Å². The Kier molecular flexibility index (Phi) is 5.79. The lowest BCUT2D eigenvalue weighted by Gasteiger charge is -2.22. The van der Waals surface area contributed by atoms with Crippen LogP contribution in [-0.4, -0.2) is 67.2 Å². The first-order valence-electron chi connectivity index (χ1n) is 11.0. The molecule has 1 aromatic heterocycles. The van der Waals surface area contributed by atoms with Crippen LogP contribution in [0.5, 0.6) is 11.5 Å². The second kappa shape index (κ2) is 8.89. The number of ether oxygens (including phenoxy) is 3. The minimum Gasteiger partial charge on any atom is -0.486 e. The number of amides is 3. The van der Waals surface area contributed by atoms with Gasteiger partial charge in [0.05, 0.1) is 12.3 Å². The second-order valence-electron chi connectivity index (χ2n) is 7.90. The molecule has 1 atom stereocenters. The van der Waals surface area contributed by atoms with E-state index in [-0.39, 0.29) is 30.4 Å². The van der Waals surface area contributed by atoms with Gasteiger partial charge in [0.15, 0.2) is 16.6 Å². The molecule has 3 heterocycles. The maximum Gasteiger partial charge on any atom is 0.325 e. The Balaban J connectivity index is 1.20. The predicted octanol–water partition coefficient (Wildman–Crippen LogP) is 2.39. The van der Waals surface area contributed by atoms with Gasteiger partial charge in [0.2, 0.25) is 5.91 Å². The van der Waals surface area contributed by atoms with Gasteiger partial charge in [0.25, 0.3) is 0 Å². The third-order valence-corrected chi connectivity index (χ3v) is 6.85. The zero-order valence-corrected chi connectivity index (χ0v) is 19.0. The highest BCUT2D eigenvalue weighted by Gasteiger charge is 2.35. The van der Waals surface area contributed by atoms with Crippen LogP contribution in [0.25, 0.3) is 0 Å². The van der Waals surface area contributed by atoms with Crippen LogP contribution in [-0.2, 0) is 20.7 Å². The zero-order chi connectivity index (χ0) is 22.9. The number of carbonyl (C=O) groups excluding carboxylic acids is 3. The number of fused-ring (bicyclic) bond motifs is 2. The molecule has 1 aliphatic carbocycles. The van der Waals surface area contributed by atoms with Crippen molar-refractivity contribution in [3.8, 4) is 11.5 Å². The van der Waals surface area contributed by atoms with Crippen LogP contribution in [0.1, 0.15) is 29.8 Å². The van der Waals surface area contributed by atoms with Crippen molar-refractivity contribution in [2.75, 3.05) is 49.7 Å². The van der Waals surface area contributed by atoms with Crippen LogP contribution >= 0.6 is 11.3 Å². The first-order valence-corrected chi connectivity index (χ1v) is 11.8. The normalized spacial score (nSPS) is 18.9. The number of aromatic nitrogens is 1. The van der Waals surface area contributed by atoms with Crippen molar-refractivity contribution in [3.63, 3.8) is 0 Å². The van der Waals surface area contributed by atoms with Crippen molar-refractivity contribution < 1.29 is 28.6 Å². The quantitative estimate of drug-likeness (QED) is 0.643. The van der Waals surface area contributed by atoms with E-state index in [1.807, 2.05) is 6.07 Å². The molecule has 3 aliphatic rings. The fourth-order valence-corrected chi connectivity index (χ4v) is 5.31. The summed E-state index contributed by atoms with van der Waals surface area (Å²) in [7, 11) is 0. The van der Waals surface area contributed by atoms with Crippen molar-refractivity contribution in [1.29, 1.82) is 0 Å². The molecule has 1 unspecified atom stereocenters. The molecule has 11 heteroatoms. The van der Waals surface area contributed by atoms with Crippen LogP contribution in [0.4, 0.5) is 15.6 Å². The molecule has 0 bridgehead atoms. The Morgan fingerprint density at radius 2 is 2.06 bits per heavy atom. The van der Waals surface area contributed by atoms with E-state index < -0.39 is 0 Å². The van der Waals surface area contributed by atoms with Gasteiger partial charge in [-0.15, -0.1) is 11.3 Å². The Bertz CT molecular complexity index is 1100. The molecule has 0 saturated carbocycles. The van der Waals surface area contributed by atoms with Gasteiger partial charge in [-0.1, -0.05) is 0 Å². The molecule has 1 saturated heterocycles. The Morgan fingerprint density at radius 3 is 2.88 bits per heavy atom. The third kappa shape index (κ3) is 4.20. The van der Waals surface area contributed by atoms with E-state index in [1.165, 1.54) is 16.2 Å². The molecule has 3 amide bonds. The number of carbonyl (C=O) groups is 3. The second-order valence-corrected chi connectivity index (χ2v) is 8.99. The SMILES string of the molecule is CCOC(=O)C1CCc2sc(NC(=O)CN3CCN(c4ccc5c(c4)OCCO5)C3=O)nc21. The highest BCUT2D eigenvalue weighted by Crippen LogP contribution is 2.39. The molecule has 5 rings (SSSR count). The minimum absolute atomic E-state index is 0.0779. The summed E-state index contributed by atoms with van der Waals surface area (Å²) in [6, 6.07) is 5.14. The van der Waals surface area contributed by atoms with Crippen molar-refractivity contribution in [2.24, 2.45) is 0 Å². The fraction of sp³-hybridized carbons (Fsp3) is 0.455. The molecule has 174 valence electrons. The van der Waals surface area contributed by atoms with E-state index in [0.29, 0.717) is 67.3 Å². The van der Waals surface area contributed by atoms with Gasteiger partial charge >= 0.3 is 12.0 Å². The Labute approximate surface area is 194 Å². The lowest BCUT2D eigenvalue weighted by atomic mass is 10.1. The van der Waals surface area contributed by atoms with E-state index >= 15 is 0 Å². The summed E-state index contributed by atoms with van der Waals surface area (Å²) in [5, 5.41) is 3.21. The molecule has 33 heavy (non-hydrogen) atoms. The van der Waals surface area contributed by atoms with Crippen LogP contribution in [0.3, 0.4) is 0 Å². The molecule has 0 spiro atoms. The van der Waals surface area contributed by atoms with Gasteiger partial charge in [0.1, 0.15) is 25.7 Å². The van der Waals surface area contributed by atoms with Crippen LogP contribution in [0.15, 0.2) is 18.2 Å². The zero-order valence-electron chi connectivity index (χ0n) is 18.2. The minimum atomic E-state index is -0.374. The number of urea groups is 1. The van der Waals surface area contributed by atoms with E-state index in [4.69, 9.17) is 14.2 Å². The van der Waals surface area contributed by atoms with Crippen molar-refractivity contribution in [2.45, 2.75) is 25.7 Å². The van der Waals surface area contributed by atoms with Crippen molar-refractivity contribution in [3.05, 3.63) is 28.8 Å². The maximum atomic E-state index is 12.9. The lowest BCUT2D eigenvalue weighted by molar-refractivity contribution is -0.145. The number of aryl methyl sites for hydroxylation is 1. The van der Waals surface area contributed by atoms with Gasteiger partial charge in [-0.2, -0.15) is 0 Å². The molecule has 1 aromatic carbocycles. The molecule has 1 N–H and O–H groups in total. The van der Waals surface area contributed by atoms with Crippen LogP contribution < -0.4 is 19.7 Å². The summed E-state index contributed by atoms with van der Waals surface area (Å²) in [4.78, 5) is 46.2. The third-order valence-electron chi connectivity index (χ3n) is 5.80. The number of esters is 1. The lowest BCUT2D eigenvalue weighted by Crippen LogP contribution is -2.37. The summed E-state index contributed by atoms with van der Waals surface area (Å²) in [6.45, 7) is 3.89. The molecule has 0 radical (unpaired) electrons. The number of anilines is 2. The molecule has 10 nitrogen and oxygen atoms in total. The number of hydrogen-bond donors (Lipinski definition) is 1. The van der Waals surface area contributed by atoms with Gasteiger partial charge in [-0.25, -0.2) is 9.78 Å². The molecular formula is C22H24N4O6S. The molecule has 2 aromatic rings. The number of benzene rings is 1. The Hall–Kier alpha value is -3.34. The highest BCUT2D eigenvalue weighted by molar-refractivity contribution is 7.16. The highest BCUT2D eigenvalue weighted by atomic mass is 32.1. The number of nitrogens with one attached hydrogen (secondary N) is 1. The average Bonchev–Trinajstić information content (AvgIpc) is 3.48. The largest absolute Gasteiger partial charge is 0.486 e. The predicted molar refractivity (Wildman–Crippen MR) is 120 cm³/mol. The van der Waals surface area contributed by atoms with Crippen molar-refractivity contribution >= 4 is 40.1 Å². The molecular weight excluding hydrogens is 448 g/mol. The molecule has 1 fully saturated rings. The summed E-state index contributed by atoms with van der Waals surface area (Å²) in [6.07, 6.45) is 1.42.